The molecule has 9 nitrogen and oxygen atoms in total. The van der Waals surface area contributed by atoms with Gasteiger partial charge >= 0.3 is 7.60 Å². The van der Waals surface area contributed by atoms with Crippen molar-refractivity contribution in [1.82, 2.24) is 19.9 Å². The summed E-state index contributed by atoms with van der Waals surface area (Å²) in [7, 11) is -3.49. The summed E-state index contributed by atoms with van der Waals surface area (Å²) in [6.07, 6.45) is 1.85. The van der Waals surface area contributed by atoms with Gasteiger partial charge in [0, 0.05) is 0 Å². The Kier molecular flexibility index (Phi) is 5.14. The summed E-state index contributed by atoms with van der Waals surface area (Å²) >= 11 is 1.37. The fraction of sp³-hybridized carbons (Fsp3) is 0.357. The van der Waals surface area contributed by atoms with Crippen molar-refractivity contribution in [1.29, 1.82) is 0 Å². The molecule has 0 saturated carbocycles. The predicted octanol–water partition coefficient (Wildman–Crippen LogP) is 2.81. The SMILES string of the molecule is CCOP(=O)(OCC)c1ccc(-c2nc3nc(SC)nc(N)c3[nH]2)o1. The number of aromatic amines is 1. The molecule has 0 aliphatic heterocycles. The zero-order valence-electron chi connectivity index (χ0n) is 14.0. The largest absolute Gasteiger partial charge is 0.445 e. The van der Waals surface area contributed by atoms with Gasteiger partial charge in [-0.15, -0.1) is 0 Å². The lowest BCUT2D eigenvalue weighted by atomic mass is 10.4. The molecule has 3 N–H and O–H groups in total. The highest BCUT2D eigenvalue weighted by atomic mass is 32.2. The minimum Gasteiger partial charge on any atom is -0.445 e. The van der Waals surface area contributed by atoms with Gasteiger partial charge in [-0.3, -0.25) is 4.57 Å². The van der Waals surface area contributed by atoms with Crippen molar-refractivity contribution >= 4 is 41.8 Å². The topological polar surface area (TPSA) is 129 Å². The maximum atomic E-state index is 12.8. The van der Waals surface area contributed by atoms with Crippen LogP contribution >= 0.6 is 19.4 Å². The molecule has 0 saturated heterocycles. The number of H-pyrrole nitrogens is 1. The Morgan fingerprint density at radius 3 is 2.60 bits per heavy atom. The van der Waals surface area contributed by atoms with E-state index in [1.807, 2.05) is 6.26 Å². The summed E-state index contributed by atoms with van der Waals surface area (Å²) < 4.78 is 29.0. The fourth-order valence-corrected chi connectivity index (χ4v) is 4.06. The molecule has 0 fully saturated rings. The maximum Gasteiger partial charge on any atom is 0.396 e. The number of nitrogens with two attached hydrogens (primary N) is 1. The first-order valence-electron chi connectivity index (χ1n) is 7.57. The average molecular weight is 383 g/mol. The first-order valence-corrected chi connectivity index (χ1v) is 10.3. The number of hydrogen-bond acceptors (Lipinski definition) is 9. The van der Waals surface area contributed by atoms with E-state index in [9.17, 15) is 4.57 Å². The standard InChI is InChI=1S/C14H18N5O4PS/c1-4-21-24(20,22-5-2)9-7-6-8(23-9)12-16-10-11(15)17-14(25-3)19-13(10)18-12/h6-7H,4-5H2,1-3H3,(H3,15,16,17,18,19). The van der Waals surface area contributed by atoms with Gasteiger partial charge < -0.3 is 24.2 Å². The molecule has 0 atom stereocenters. The molecule has 11 heteroatoms. The van der Waals surface area contributed by atoms with Gasteiger partial charge in [-0.2, -0.15) is 0 Å². The Balaban J connectivity index is 2.01. The van der Waals surface area contributed by atoms with Crippen LogP contribution in [0.3, 0.4) is 0 Å². The Morgan fingerprint density at radius 1 is 1.24 bits per heavy atom. The van der Waals surface area contributed by atoms with E-state index >= 15 is 0 Å². The van der Waals surface area contributed by atoms with Crippen LogP contribution < -0.4 is 11.2 Å². The highest BCUT2D eigenvalue weighted by Gasteiger charge is 2.31. The van der Waals surface area contributed by atoms with Crippen molar-refractivity contribution in [2.75, 3.05) is 25.2 Å². The van der Waals surface area contributed by atoms with E-state index < -0.39 is 7.60 Å². The number of fused-ring (bicyclic) bond motifs is 1. The van der Waals surface area contributed by atoms with Crippen LogP contribution in [-0.4, -0.2) is 39.4 Å². The number of hydrogen-bond donors (Lipinski definition) is 2. The van der Waals surface area contributed by atoms with Crippen molar-refractivity contribution in [2.24, 2.45) is 0 Å². The molecule has 0 amide bonds. The van der Waals surface area contributed by atoms with Gasteiger partial charge in [0.15, 0.2) is 28.2 Å². The Labute approximate surface area is 148 Å². The van der Waals surface area contributed by atoms with Crippen molar-refractivity contribution in [3.8, 4) is 11.6 Å². The normalized spacial score (nSPS) is 12.1. The maximum absolute atomic E-state index is 12.8. The smallest absolute Gasteiger partial charge is 0.396 e. The second-order valence-corrected chi connectivity index (χ2v) is 7.58. The molecular weight excluding hydrogens is 365 g/mol. The van der Waals surface area contributed by atoms with E-state index in [1.54, 1.807) is 26.0 Å². The van der Waals surface area contributed by atoms with Gasteiger partial charge in [0.25, 0.3) is 0 Å². The Hall–Kier alpha value is -1.87. The van der Waals surface area contributed by atoms with E-state index in [2.05, 4.69) is 19.9 Å². The van der Waals surface area contributed by atoms with Gasteiger partial charge in [-0.25, -0.2) is 15.0 Å². The predicted molar refractivity (Wildman–Crippen MR) is 96.1 cm³/mol. The molecule has 3 heterocycles. The monoisotopic (exact) mass is 383 g/mol. The molecule has 0 radical (unpaired) electrons. The molecule has 134 valence electrons. The molecular formula is C14H18N5O4PS. The zero-order valence-corrected chi connectivity index (χ0v) is 15.7. The summed E-state index contributed by atoms with van der Waals surface area (Å²) in [6.45, 7) is 3.95. The number of nitrogen functional groups attached to an aromatic ring is 1. The quantitative estimate of drug-likeness (QED) is 0.359. The summed E-state index contributed by atoms with van der Waals surface area (Å²) in [4.78, 5) is 15.9. The molecule has 0 bridgehead atoms. The number of rotatable bonds is 7. The van der Waals surface area contributed by atoms with Crippen LogP contribution in [-0.2, 0) is 13.6 Å². The van der Waals surface area contributed by atoms with Crippen LogP contribution in [0.1, 0.15) is 13.8 Å². The highest BCUT2D eigenvalue weighted by molar-refractivity contribution is 7.98. The molecule has 25 heavy (non-hydrogen) atoms. The van der Waals surface area contributed by atoms with Crippen LogP contribution in [0.15, 0.2) is 21.7 Å². The van der Waals surface area contributed by atoms with Crippen LogP contribution in [0.25, 0.3) is 22.7 Å². The summed E-state index contributed by atoms with van der Waals surface area (Å²) in [5, 5.41) is 0.528. The third kappa shape index (κ3) is 3.43. The highest BCUT2D eigenvalue weighted by Crippen LogP contribution is 2.47. The molecule has 0 unspecified atom stereocenters. The van der Waals surface area contributed by atoms with Gasteiger partial charge in [0.2, 0.25) is 5.50 Å². The van der Waals surface area contributed by atoms with E-state index in [1.165, 1.54) is 11.8 Å². The molecule has 3 aromatic heterocycles. The van der Waals surface area contributed by atoms with Crippen molar-refractivity contribution < 1.29 is 18.0 Å². The van der Waals surface area contributed by atoms with Gasteiger partial charge in [-0.05, 0) is 32.2 Å². The van der Waals surface area contributed by atoms with Crippen molar-refractivity contribution in [2.45, 2.75) is 19.0 Å². The number of anilines is 1. The van der Waals surface area contributed by atoms with E-state index in [-0.39, 0.29) is 18.7 Å². The third-order valence-electron chi connectivity index (χ3n) is 3.23. The lowest BCUT2D eigenvalue weighted by molar-refractivity contribution is 0.225. The second kappa shape index (κ2) is 7.17. The first kappa shape index (κ1) is 17.9. The van der Waals surface area contributed by atoms with Gasteiger partial charge in [0.05, 0.1) is 13.2 Å². The van der Waals surface area contributed by atoms with Crippen LogP contribution in [0.4, 0.5) is 5.82 Å². The lowest BCUT2D eigenvalue weighted by Gasteiger charge is -2.13. The number of thioether (sulfide) groups is 1. The fourth-order valence-electron chi connectivity index (χ4n) is 2.21. The molecule has 3 rings (SSSR count). The van der Waals surface area contributed by atoms with Crippen LogP contribution in [0, 0.1) is 0 Å². The Morgan fingerprint density at radius 2 is 1.96 bits per heavy atom. The first-order chi connectivity index (χ1) is 12.0. The third-order valence-corrected chi connectivity index (χ3v) is 5.76. The number of imidazole rings is 1. The second-order valence-electron chi connectivity index (χ2n) is 4.85. The Bertz CT molecular complexity index is 931. The van der Waals surface area contributed by atoms with E-state index in [0.29, 0.717) is 33.7 Å². The molecule has 0 aliphatic rings. The minimum absolute atomic E-state index is 0.121. The number of aromatic nitrogens is 4. The number of furan rings is 1. The lowest BCUT2D eigenvalue weighted by Crippen LogP contribution is -2.08. The molecule has 0 spiro atoms. The van der Waals surface area contributed by atoms with Crippen molar-refractivity contribution in [3.63, 3.8) is 0 Å². The summed E-state index contributed by atoms with van der Waals surface area (Å²) in [5.74, 6) is 1.08. The van der Waals surface area contributed by atoms with Gasteiger partial charge in [0.1, 0.15) is 5.52 Å². The van der Waals surface area contributed by atoms with Crippen LogP contribution in [0.5, 0.6) is 0 Å². The van der Waals surface area contributed by atoms with E-state index in [0.717, 1.165) is 0 Å². The molecule has 0 aliphatic carbocycles. The molecule has 3 aromatic rings. The summed E-state index contributed by atoms with van der Waals surface area (Å²) in [5.41, 5.74) is 7.00. The zero-order chi connectivity index (χ0) is 18.0. The minimum atomic E-state index is -3.49. The van der Waals surface area contributed by atoms with Crippen molar-refractivity contribution in [3.05, 3.63) is 12.1 Å². The number of nitrogens with one attached hydrogen (secondary N) is 1. The van der Waals surface area contributed by atoms with Gasteiger partial charge in [-0.1, -0.05) is 11.8 Å². The summed E-state index contributed by atoms with van der Waals surface area (Å²) in [6, 6.07) is 3.19. The average Bonchev–Trinajstić information content (AvgIpc) is 3.22. The van der Waals surface area contributed by atoms with Crippen LogP contribution in [0.2, 0.25) is 0 Å². The molecule has 0 aromatic carbocycles. The number of nitrogens with zero attached hydrogens (tertiary/aromatic N) is 3. The van der Waals surface area contributed by atoms with E-state index in [4.69, 9.17) is 19.2 Å².